The first-order chi connectivity index (χ1) is 29.1. The molecule has 5 aliphatic rings. The number of halogens is 1. The van der Waals surface area contributed by atoms with E-state index in [2.05, 4.69) is 46.7 Å². The van der Waals surface area contributed by atoms with Crippen molar-refractivity contribution in [3.63, 3.8) is 0 Å². The zero-order chi connectivity index (χ0) is 41.1. The smallest absolute Gasteiger partial charge is 0.255 e. The van der Waals surface area contributed by atoms with Crippen LogP contribution in [0, 0.1) is 5.82 Å². The molecule has 3 aromatic heterocycles. The number of piperidine rings is 2. The Kier molecular flexibility index (Phi) is 9.47. The minimum atomic E-state index is -0.740. The molecule has 8 heterocycles. The molecule has 1 atom stereocenters. The number of hydrogen-bond donors (Lipinski definition) is 4. The molecule has 10 rings (SSSR count). The van der Waals surface area contributed by atoms with Gasteiger partial charge in [0.1, 0.15) is 23.3 Å². The molecule has 0 aliphatic carbocycles. The molecule has 0 radical (unpaired) electrons. The Balaban J connectivity index is 0.707. The molecule has 4 N–H and O–H groups in total. The number of benzene rings is 2. The standard InChI is InChI=1S/C44H45FN10O5/c45-28-9-13-54-36(25-47-38(54)22-28)32-4-5-34(40-33(32)24-48-42(40)58)49-37-7-2-30(23-46-37)52-15-11-44(60,12-16-52)10-14-51-17-19-53(20-18-51)29-1-3-31-27(21-29)26-55(43(31)59)35-6-8-39(56)50-41(35)57/h1-5,7,9,13,21-23,25,35,60H,6,8,10-12,14-20,24,26H2,(H,46,49)(H,48,58)(H,50,56,57). The number of pyridine rings is 2. The van der Waals surface area contributed by atoms with E-state index in [0.717, 1.165) is 66.5 Å². The molecule has 5 aromatic rings. The van der Waals surface area contributed by atoms with Crippen molar-refractivity contribution >= 4 is 52.2 Å². The SMILES string of the molecule is O=C1CCC(N2Cc3cc(N4CCN(CCC5(O)CCN(c6ccc(Nc7ccc(-c8cnc9cc(F)ccn89)c8c7C(=O)NC8)nc6)CC5)CC4)ccc3C2=O)C(=O)N1. The van der Waals surface area contributed by atoms with E-state index in [4.69, 9.17) is 0 Å². The number of amides is 4. The van der Waals surface area contributed by atoms with Crippen molar-refractivity contribution in [1.29, 1.82) is 0 Å². The van der Waals surface area contributed by atoms with Crippen LogP contribution in [-0.2, 0) is 22.7 Å². The average molecular weight is 813 g/mol. The number of nitrogens with zero attached hydrogens (tertiary/aromatic N) is 7. The summed E-state index contributed by atoms with van der Waals surface area (Å²) >= 11 is 0. The van der Waals surface area contributed by atoms with Gasteiger partial charge in [-0.05, 0) is 79.3 Å². The molecular formula is C44H45FN10O5. The maximum Gasteiger partial charge on any atom is 0.255 e. The summed E-state index contributed by atoms with van der Waals surface area (Å²) in [6, 6.07) is 15.8. The number of carbonyl (C=O) groups is 4. The molecule has 0 saturated carbocycles. The van der Waals surface area contributed by atoms with Crippen molar-refractivity contribution in [2.45, 2.75) is 56.8 Å². The number of anilines is 4. The summed E-state index contributed by atoms with van der Waals surface area (Å²) in [6.07, 6.45) is 7.75. The van der Waals surface area contributed by atoms with Gasteiger partial charge in [-0.2, -0.15) is 0 Å². The highest BCUT2D eigenvalue weighted by Gasteiger charge is 2.40. The van der Waals surface area contributed by atoms with Crippen LogP contribution in [0.1, 0.15) is 63.9 Å². The van der Waals surface area contributed by atoms with Gasteiger partial charge in [-0.15, -0.1) is 0 Å². The number of aliphatic hydroxyl groups is 1. The maximum atomic E-state index is 13.8. The number of fused-ring (bicyclic) bond motifs is 3. The predicted octanol–water partition coefficient (Wildman–Crippen LogP) is 3.83. The molecule has 308 valence electrons. The first kappa shape index (κ1) is 37.9. The highest BCUT2D eigenvalue weighted by Crippen LogP contribution is 2.37. The summed E-state index contributed by atoms with van der Waals surface area (Å²) in [5, 5.41) is 20.2. The molecule has 0 spiro atoms. The van der Waals surface area contributed by atoms with Crippen molar-refractivity contribution < 1.29 is 28.7 Å². The Morgan fingerprint density at radius 2 is 1.65 bits per heavy atom. The van der Waals surface area contributed by atoms with Crippen molar-refractivity contribution in [3.8, 4) is 11.3 Å². The summed E-state index contributed by atoms with van der Waals surface area (Å²) in [5.41, 5.74) is 6.96. The lowest BCUT2D eigenvalue weighted by molar-refractivity contribution is -0.136. The third-order valence-electron chi connectivity index (χ3n) is 12.9. The van der Waals surface area contributed by atoms with Gasteiger partial charge in [0.05, 0.1) is 40.6 Å². The van der Waals surface area contributed by atoms with Crippen LogP contribution < -0.4 is 25.8 Å². The lowest BCUT2D eigenvalue weighted by atomic mass is 9.87. The van der Waals surface area contributed by atoms with Crippen molar-refractivity contribution in [3.05, 3.63) is 101 Å². The Morgan fingerprint density at radius 1 is 0.867 bits per heavy atom. The van der Waals surface area contributed by atoms with Crippen LogP contribution >= 0.6 is 0 Å². The van der Waals surface area contributed by atoms with Gasteiger partial charge in [0.15, 0.2) is 0 Å². The number of imidazole rings is 1. The maximum absolute atomic E-state index is 13.8. The fourth-order valence-electron chi connectivity index (χ4n) is 9.42. The predicted molar refractivity (Wildman–Crippen MR) is 221 cm³/mol. The van der Waals surface area contributed by atoms with E-state index >= 15 is 0 Å². The molecular weight excluding hydrogens is 768 g/mol. The second-order valence-electron chi connectivity index (χ2n) is 16.5. The number of imide groups is 1. The topological polar surface area (TPSA) is 168 Å². The highest BCUT2D eigenvalue weighted by atomic mass is 19.1. The average Bonchev–Trinajstić information content (AvgIpc) is 3.95. The number of carbonyl (C=O) groups excluding carboxylic acids is 4. The van der Waals surface area contributed by atoms with Crippen molar-refractivity contribution in [1.82, 2.24) is 34.8 Å². The van der Waals surface area contributed by atoms with Crippen LogP contribution in [-0.4, -0.2) is 110 Å². The third-order valence-corrected chi connectivity index (χ3v) is 12.9. The second kappa shape index (κ2) is 15.0. The molecule has 4 amide bonds. The quantitative estimate of drug-likeness (QED) is 0.160. The van der Waals surface area contributed by atoms with E-state index in [1.54, 1.807) is 17.3 Å². The Morgan fingerprint density at radius 3 is 2.43 bits per heavy atom. The molecule has 0 bridgehead atoms. The van der Waals surface area contributed by atoms with Gasteiger partial charge in [0.25, 0.3) is 11.8 Å². The minimum absolute atomic E-state index is 0.163. The van der Waals surface area contributed by atoms with Gasteiger partial charge >= 0.3 is 0 Å². The number of nitrogens with one attached hydrogen (secondary N) is 3. The van der Waals surface area contributed by atoms with E-state index in [1.807, 2.05) is 47.0 Å². The molecule has 5 aliphatic heterocycles. The van der Waals surface area contributed by atoms with Crippen LogP contribution in [0.5, 0.6) is 0 Å². The lowest BCUT2D eigenvalue weighted by Crippen LogP contribution is -2.52. The van der Waals surface area contributed by atoms with Crippen molar-refractivity contribution in [2.75, 3.05) is 60.9 Å². The number of rotatable bonds is 9. The summed E-state index contributed by atoms with van der Waals surface area (Å²) in [6.45, 7) is 6.38. The van der Waals surface area contributed by atoms with Gasteiger partial charge in [0, 0.05) is 94.4 Å². The summed E-state index contributed by atoms with van der Waals surface area (Å²) < 4.78 is 15.6. The van der Waals surface area contributed by atoms with Gasteiger partial charge in [-0.25, -0.2) is 14.4 Å². The number of piperazine rings is 1. The van der Waals surface area contributed by atoms with E-state index in [0.29, 0.717) is 80.1 Å². The molecule has 15 nitrogen and oxygen atoms in total. The van der Waals surface area contributed by atoms with E-state index in [-0.39, 0.29) is 30.0 Å². The van der Waals surface area contributed by atoms with Crippen LogP contribution in [0.15, 0.2) is 73.2 Å². The van der Waals surface area contributed by atoms with E-state index in [9.17, 15) is 28.7 Å². The molecule has 3 fully saturated rings. The van der Waals surface area contributed by atoms with E-state index < -0.39 is 17.6 Å². The van der Waals surface area contributed by atoms with Crippen LogP contribution in [0.3, 0.4) is 0 Å². The van der Waals surface area contributed by atoms with Gasteiger partial charge < -0.3 is 30.4 Å². The number of aromatic nitrogens is 3. The van der Waals surface area contributed by atoms with Crippen LogP contribution in [0.4, 0.5) is 27.3 Å². The van der Waals surface area contributed by atoms with Gasteiger partial charge in [-0.3, -0.25) is 33.8 Å². The first-order valence-electron chi connectivity index (χ1n) is 20.6. The molecule has 2 aromatic carbocycles. The zero-order valence-corrected chi connectivity index (χ0v) is 33.0. The Labute approximate surface area is 345 Å². The normalized spacial score (nSPS) is 20.4. The molecule has 1 unspecified atom stereocenters. The zero-order valence-electron chi connectivity index (χ0n) is 33.0. The van der Waals surface area contributed by atoms with Gasteiger partial charge in [0.2, 0.25) is 11.8 Å². The van der Waals surface area contributed by atoms with Crippen molar-refractivity contribution in [2.24, 2.45) is 0 Å². The Bertz CT molecular complexity index is 2540. The molecule has 3 saturated heterocycles. The van der Waals surface area contributed by atoms with Gasteiger partial charge in [-0.1, -0.05) is 6.07 Å². The number of hydrogen-bond acceptors (Lipinski definition) is 11. The van der Waals surface area contributed by atoms with Crippen LogP contribution in [0.2, 0.25) is 0 Å². The van der Waals surface area contributed by atoms with E-state index in [1.165, 1.54) is 12.1 Å². The third kappa shape index (κ3) is 6.98. The summed E-state index contributed by atoms with van der Waals surface area (Å²) in [7, 11) is 0. The monoisotopic (exact) mass is 812 g/mol. The Hall–Kier alpha value is -6.39. The fourth-order valence-corrected chi connectivity index (χ4v) is 9.42. The first-order valence-corrected chi connectivity index (χ1v) is 20.6. The minimum Gasteiger partial charge on any atom is -0.390 e. The molecule has 16 heteroatoms. The summed E-state index contributed by atoms with van der Waals surface area (Å²) in [4.78, 5) is 67.8. The second-order valence-corrected chi connectivity index (χ2v) is 16.5. The fraction of sp³-hybridized carbons (Fsp3) is 0.364. The lowest BCUT2D eigenvalue weighted by Gasteiger charge is -2.41. The summed E-state index contributed by atoms with van der Waals surface area (Å²) in [5.74, 6) is -0.789. The molecule has 60 heavy (non-hydrogen) atoms. The largest absolute Gasteiger partial charge is 0.390 e. The highest BCUT2D eigenvalue weighted by molar-refractivity contribution is 6.06. The van der Waals surface area contributed by atoms with Crippen LogP contribution in [0.25, 0.3) is 16.9 Å².